The number of aliphatic hydroxyl groups is 1. The van der Waals surface area contributed by atoms with Gasteiger partial charge in [-0.25, -0.2) is 0 Å². The summed E-state index contributed by atoms with van der Waals surface area (Å²) in [7, 11) is 0. The van der Waals surface area contributed by atoms with Crippen LogP contribution in [0.15, 0.2) is 0 Å². The molecule has 0 bridgehead atoms. The first-order valence-electron chi connectivity index (χ1n) is 7.06. The lowest BCUT2D eigenvalue weighted by Crippen LogP contribution is -2.42. The zero-order valence-electron chi connectivity index (χ0n) is 12.0. The van der Waals surface area contributed by atoms with Crippen molar-refractivity contribution in [2.75, 3.05) is 32.7 Å². The molecule has 0 amide bonds. The smallest absolute Gasteiger partial charge is 0.0679 e. The van der Waals surface area contributed by atoms with Crippen LogP contribution in [0.1, 0.15) is 40.5 Å². The summed E-state index contributed by atoms with van der Waals surface area (Å²) in [6.45, 7) is 14.3. The van der Waals surface area contributed by atoms with Crippen molar-refractivity contribution in [2.24, 2.45) is 11.3 Å². The minimum atomic E-state index is -0.0975. The second kappa shape index (κ2) is 6.72. The standard InChI is InChI=1S/C14H30N2O/c1-5-14(4,10-15-8-12(2)3)11-16-7-6-13(17)9-16/h12-13,15,17H,5-11H2,1-4H3. The van der Waals surface area contributed by atoms with Gasteiger partial charge in [-0.05, 0) is 30.7 Å². The summed E-state index contributed by atoms with van der Waals surface area (Å²) in [5.74, 6) is 0.713. The van der Waals surface area contributed by atoms with Gasteiger partial charge >= 0.3 is 0 Å². The topological polar surface area (TPSA) is 35.5 Å². The predicted molar refractivity (Wildman–Crippen MR) is 73.2 cm³/mol. The summed E-state index contributed by atoms with van der Waals surface area (Å²) in [6.07, 6.45) is 2.03. The Morgan fingerprint density at radius 2 is 2.18 bits per heavy atom. The highest BCUT2D eigenvalue weighted by molar-refractivity contribution is 4.84. The Morgan fingerprint density at radius 3 is 2.65 bits per heavy atom. The Labute approximate surface area is 107 Å². The van der Waals surface area contributed by atoms with Gasteiger partial charge in [-0.15, -0.1) is 0 Å². The molecular formula is C14H30N2O. The van der Waals surface area contributed by atoms with Crippen molar-refractivity contribution >= 4 is 0 Å². The van der Waals surface area contributed by atoms with Crippen molar-refractivity contribution in [3.63, 3.8) is 0 Å². The Kier molecular flexibility index (Phi) is 5.90. The van der Waals surface area contributed by atoms with Crippen LogP contribution in [0.25, 0.3) is 0 Å². The zero-order chi connectivity index (χ0) is 12.9. The molecule has 0 aromatic heterocycles. The average Bonchev–Trinajstić information content (AvgIpc) is 2.63. The summed E-state index contributed by atoms with van der Waals surface area (Å²) >= 11 is 0. The molecule has 1 fully saturated rings. The lowest BCUT2D eigenvalue weighted by Gasteiger charge is -2.33. The number of β-amino-alcohol motifs (C(OH)–C–C–N with tert-alkyl or cyclic N) is 1. The number of rotatable bonds is 7. The van der Waals surface area contributed by atoms with Crippen molar-refractivity contribution in [2.45, 2.75) is 46.6 Å². The number of nitrogens with zero attached hydrogens (tertiary/aromatic N) is 1. The van der Waals surface area contributed by atoms with Crippen LogP contribution in [0.5, 0.6) is 0 Å². The molecular weight excluding hydrogens is 212 g/mol. The van der Waals surface area contributed by atoms with Gasteiger partial charge in [0.2, 0.25) is 0 Å². The summed E-state index contributed by atoms with van der Waals surface area (Å²) in [5, 5.41) is 13.1. The van der Waals surface area contributed by atoms with E-state index in [0.29, 0.717) is 11.3 Å². The molecule has 0 radical (unpaired) electrons. The zero-order valence-corrected chi connectivity index (χ0v) is 12.0. The maximum Gasteiger partial charge on any atom is 0.0679 e. The van der Waals surface area contributed by atoms with Gasteiger partial charge in [0.15, 0.2) is 0 Å². The van der Waals surface area contributed by atoms with Gasteiger partial charge in [-0.3, -0.25) is 0 Å². The molecule has 3 nitrogen and oxygen atoms in total. The molecule has 2 N–H and O–H groups in total. The molecule has 0 aromatic rings. The third kappa shape index (κ3) is 5.36. The second-order valence-corrected chi connectivity index (χ2v) is 6.37. The highest BCUT2D eigenvalue weighted by Gasteiger charge is 2.29. The van der Waals surface area contributed by atoms with Crippen LogP contribution in [-0.2, 0) is 0 Å². The van der Waals surface area contributed by atoms with E-state index in [1.807, 2.05) is 0 Å². The van der Waals surface area contributed by atoms with E-state index in [2.05, 4.69) is 37.9 Å². The van der Waals surface area contributed by atoms with Crippen LogP contribution >= 0.6 is 0 Å². The average molecular weight is 242 g/mol. The Hall–Kier alpha value is -0.120. The molecule has 0 saturated carbocycles. The van der Waals surface area contributed by atoms with Crippen LogP contribution in [0.3, 0.4) is 0 Å². The molecule has 102 valence electrons. The Balaban J connectivity index is 2.33. The molecule has 0 spiro atoms. The van der Waals surface area contributed by atoms with E-state index < -0.39 is 0 Å². The van der Waals surface area contributed by atoms with Crippen LogP contribution in [0.4, 0.5) is 0 Å². The van der Waals surface area contributed by atoms with Crippen molar-refractivity contribution < 1.29 is 5.11 Å². The molecule has 0 aromatic carbocycles. The fraction of sp³-hybridized carbons (Fsp3) is 1.00. The van der Waals surface area contributed by atoms with E-state index in [-0.39, 0.29) is 6.10 Å². The molecule has 1 aliphatic heterocycles. The maximum absolute atomic E-state index is 9.56. The van der Waals surface area contributed by atoms with Crippen molar-refractivity contribution in [3.8, 4) is 0 Å². The number of likely N-dealkylation sites (tertiary alicyclic amines) is 1. The largest absolute Gasteiger partial charge is 0.392 e. The van der Waals surface area contributed by atoms with E-state index in [1.54, 1.807) is 0 Å². The van der Waals surface area contributed by atoms with E-state index in [1.165, 1.54) is 6.42 Å². The van der Waals surface area contributed by atoms with E-state index in [4.69, 9.17) is 0 Å². The number of hydrogen-bond donors (Lipinski definition) is 2. The molecule has 2 atom stereocenters. The molecule has 2 unspecified atom stereocenters. The van der Waals surface area contributed by atoms with E-state index >= 15 is 0 Å². The van der Waals surface area contributed by atoms with E-state index in [9.17, 15) is 5.11 Å². The third-order valence-corrected chi connectivity index (χ3v) is 3.81. The van der Waals surface area contributed by atoms with E-state index in [0.717, 1.165) is 39.1 Å². The lowest BCUT2D eigenvalue weighted by molar-refractivity contribution is 0.143. The normalized spacial score (nSPS) is 25.4. The Morgan fingerprint density at radius 1 is 1.47 bits per heavy atom. The van der Waals surface area contributed by atoms with Gasteiger partial charge in [0.1, 0.15) is 0 Å². The number of aliphatic hydroxyl groups excluding tert-OH is 1. The number of hydrogen-bond acceptors (Lipinski definition) is 3. The van der Waals surface area contributed by atoms with Crippen LogP contribution in [0.2, 0.25) is 0 Å². The SMILES string of the molecule is CCC(C)(CNCC(C)C)CN1CCC(O)C1. The van der Waals surface area contributed by atoms with Gasteiger partial charge in [0, 0.05) is 26.2 Å². The molecule has 1 aliphatic rings. The molecule has 1 saturated heterocycles. The lowest BCUT2D eigenvalue weighted by atomic mass is 9.86. The van der Waals surface area contributed by atoms with Crippen molar-refractivity contribution in [3.05, 3.63) is 0 Å². The predicted octanol–water partition coefficient (Wildman–Crippen LogP) is 1.71. The fourth-order valence-corrected chi connectivity index (χ4v) is 2.45. The third-order valence-electron chi connectivity index (χ3n) is 3.81. The van der Waals surface area contributed by atoms with Crippen LogP contribution < -0.4 is 5.32 Å². The van der Waals surface area contributed by atoms with Gasteiger partial charge in [-0.2, -0.15) is 0 Å². The summed E-state index contributed by atoms with van der Waals surface area (Å²) in [5.41, 5.74) is 0.332. The minimum absolute atomic E-state index is 0.0975. The van der Waals surface area contributed by atoms with Gasteiger partial charge < -0.3 is 15.3 Å². The summed E-state index contributed by atoms with van der Waals surface area (Å²) < 4.78 is 0. The second-order valence-electron chi connectivity index (χ2n) is 6.37. The highest BCUT2D eigenvalue weighted by atomic mass is 16.3. The molecule has 3 heteroatoms. The van der Waals surface area contributed by atoms with Crippen LogP contribution in [-0.4, -0.2) is 48.8 Å². The fourth-order valence-electron chi connectivity index (χ4n) is 2.45. The molecule has 17 heavy (non-hydrogen) atoms. The number of nitrogens with one attached hydrogen (secondary N) is 1. The monoisotopic (exact) mass is 242 g/mol. The van der Waals surface area contributed by atoms with Crippen molar-refractivity contribution in [1.29, 1.82) is 0 Å². The van der Waals surface area contributed by atoms with Gasteiger partial charge in [0.25, 0.3) is 0 Å². The van der Waals surface area contributed by atoms with Crippen molar-refractivity contribution in [1.82, 2.24) is 10.2 Å². The highest BCUT2D eigenvalue weighted by Crippen LogP contribution is 2.24. The Bertz CT molecular complexity index is 220. The first-order valence-corrected chi connectivity index (χ1v) is 7.06. The molecule has 0 aliphatic carbocycles. The maximum atomic E-state index is 9.56. The first kappa shape index (κ1) is 14.9. The van der Waals surface area contributed by atoms with Gasteiger partial charge in [-0.1, -0.05) is 27.7 Å². The van der Waals surface area contributed by atoms with Gasteiger partial charge in [0.05, 0.1) is 6.10 Å². The summed E-state index contributed by atoms with van der Waals surface area (Å²) in [4.78, 5) is 2.41. The minimum Gasteiger partial charge on any atom is -0.392 e. The quantitative estimate of drug-likeness (QED) is 0.713. The van der Waals surface area contributed by atoms with Crippen LogP contribution in [0, 0.1) is 11.3 Å². The summed E-state index contributed by atoms with van der Waals surface area (Å²) in [6, 6.07) is 0. The molecule has 1 rings (SSSR count). The first-order chi connectivity index (χ1) is 7.95. The molecule has 1 heterocycles.